The van der Waals surface area contributed by atoms with Gasteiger partial charge in [0.15, 0.2) is 0 Å². The van der Waals surface area contributed by atoms with Crippen LogP contribution in [0.4, 0.5) is 10.5 Å². The van der Waals surface area contributed by atoms with E-state index >= 15 is 0 Å². The minimum absolute atomic E-state index is 0.0270. The van der Waals surface area contributed by atoms with Gasteiger partial charge in [0.2, 0.25) is 0 Å². The largest absolute Gasteiger partial charge is 0.495 e. The van der Waals surface area contributed by atoms with E-state index in [1.165, 1.54) is 25.3 Å². The van der Waals surface area contributed by atoms with Gasteiger partial charge in [-0.05, 0) is 12.1 Å². The van der Waals surface area contributed by atoms with E-state index in [1.807, 2.05) is 0 Å². The van der Waals surface area contributed by atoms with Gasteiger partial charge in [0, 0.05) is 0 Å². The maximum absolute atomic E-state index is 11.4. The Bertz CT molecular complexity index is 515. The van der Waals surface area contributed by atoms with Gasteiger partial charge in [0.05, 0.1) is 18.4 Å². The highest BCUT2D eigenvalue weighted by Crippen LogP contribution is 2.33. The second-order valence-corrected chi connectivity index (χ2v) is 3.74. The Morgan fingerprint density at radius 2 is 2.21 bits per heavy atom. The number of aromatic carboxylic acids is 1. The summed E-state index contributed by atoms with van der Waals surface area (Å²) in [5.41, 5.74) is 0.0211. The summed E-state index contributed by atoms with van der Waals surface area (Å²) < 4.78 is 9.64. The SMILES string of the molecule is C=CCOC(=O)Nc1cc(C(=O)O)cc(OC)c1Cl. The van der Waals surface area contributed by atoms with Gasteiger partial charge in [-0.1, -0.05) is 24.3 Å². The van der Waals surface area contributed by atoms with Crippen LogP contribution in [0, 0.1) is 0 Å². The second-order valence-electron chi connectivity index (χ2n) is 3.36. The minimum atomic E-state index is -1.17. The number of carboxylic acids is 1. The summed E-state index contributed by atoms with van der Waals surface area (Å²) in [5, 5.41) is 11.4. The smallest absolute Gasteiger partial charge is 0.411 e. The summed E-state index contributed by atoms with van der Waals surface area (Å²) in [6, 6.07) is 2.47. The lowest BCUT2D eigenvalue weighted by Gasteiger charge is -2.11. The lowest BCUT2D eigenvalue weighted by Crippen LogP contribution is -2.14. The van der Waals surface area contributed by atoms with Crippen LogP contribution in [0.15, 0.2) is 24.8 Å². The summed E-state index contributed by atoms with van der Waals surface area (Å²) in [5.74, 6) is -1.03. The Balaban J connectivity index is 3.04. The van der Waals surface area contributed by atoms with E-state index in [1.54, 1.807) is 0 Å². The van der Waals surface area contributed by atoms with E-state index < -0.39 is 12.1 Å². The summed E-state index contributed by atoms with van der Waals surface area (Å²) in [7, 11) is 1.34. The Kier molecular flexibility index (Phi) is 5.20. The van der Waals surface area contributed by atoms with Crippen molar-refractivity contribution < 1.29 is 24.2 Å². The zero-order chi connectivity index (χ0) is 14.4. The number of amides is 1. The third-order valence-corrected chi connectivity index (χ3v) is 2.46. The molecular formula is C12H12ClNO5. The number of carbonyl (C=O) groups excluding carboxylic acids is 1. The molecular weight excluding hydrogens is 274 g/mol. The van der Waals surface area contributed by atoms with E-state index in [0.29, 0.717) is 0 Å². The zero-order valence-corrected chi connectivity index (χ0v) is 10.9. The predicted octanol–water partition coefficient (Wildman–Crippen LogP) is 2.78. The fourth-order valence-electron chi connectivity index (χ4n) is 1.24. The third kappa shape index (κ3) is 3.89. The van der Waals surface area contributed by atoms with Gasteiger partial charge in [0.1, 0.15) is 17.4 Å². The maximum atomic E-state index is 11.4. The van der Waals surface area contributed by atoms with Crippen LogP contribution >= 0.6 is 11.6 Å². The van der Waals surface area contributed by atoms with Crippen molar-refractivity contribution in [3.05, 3.63) is 35.4 Å². The number of nitrogens with one attached hydrogen (secondary N) is 1. The average molecular weight is 286 g/mol. The van der Waals surface area contributed by atoms with Crippen LogP contribution in [0.25, 0.3) is 0 Å². The molecule has 0 aromatic heterocycles. The topological polar surface area (TPSA) is 84.9 Å². The Morgan fingerprint density at radius 3 is 2.74 bits per heavy atom. The van der Waals surface area contributed by atoms with Crippen molar-refractivity contribution >= 4 is 29.4 Å². The molecule has 0 heterocycles. The molecule has 19 heavy (non-hydrogen) atoms. The summed E-state index contributed by atoms with van der Waals surface area (Å²) in [4.78, 5) is 22.3. The molecule has 0 saturated carbocycles. The normalized spacial score (nSPS) is 9.58. The number of carbonyl (C=O) groups is 2. The van der Waals surface area contributed by atoms with E-state index in [-0.39, 0.29) is 28.6 Å². The fraction of sp³-hybridized carbons (Fsp3) is 0.167. The number of halogens is 1. The van der Waals surface area contributed by atoms with Crippen molar-refractivity contribution in [2.75, 3.05) is 19.0 Å². The molecule has 102 valence electrons. The quantitative estimate of drug-likeness (QED) is 0.813. The van der Waals surface area contributed by atoms with E-state index in [9.17, 15) is 9.59 Å². The van der Waals surface area contributed by atoms with Crippen LogP contribution in [-0.2, 0) is 4.74 Å². The molecule has 0 unspecified atom stereocenters. The standard InChI is InChI=1S/C12H12ClNO5/c1-3-4-19-12(17)14-8-5-7(11(15)16)6-9(18-2)10(8)13/h3,5-6H,1,4H2,2H3,(H,14,17)(H,15,16). The molecule has 6 nitrogen and oxygen atoms in total. The van der Waals surface area contributed by atoms with Crippen molar-refractivity contribution in [1.29, 1.82) is 0 Å². The van der Waals surface area contributed by atoms with Crippen molar-refractivity contribution in [3.63, 3.8) is 0 Å². The molecule has 2 N–H and O–H groups in total. The molecule has 0 spiro atoms. The predicted molar refractivity (Wildman–Crippen MR) is 70.1 cm³/mol. The number of benzene rings is 1. The number of ether oxygens (including phenoxy) is 2. The molecule has 0 bridgehead atoms. The first-order chi connectivity index (χ1) is 8.99. The Labute approximate surface area is 114 Å². The fourth-order valence-corrected chi connectivity index (χ4v) is 1.47. The number of hydrogen-bond donors (Lipinski definition) is 2. The first kappa shape index (κ1) is 14.8. The average Bonchev–Trinajstić information content (AvgIpc) is 2.38. The lowest BCUT2D eigenvalue weighted by atomic mass is 10.2. The van der Waals surface area contributed by atoms with Crippen molar-refractivity contribution in [2.45, 2.75) is 0 Å². The van der Waals surface area contributed by atoms with Gasteiger partial charge in [-0.2, -0.15) is 0 Å². The van der Waals surface area contributed by atoms with Gasteiger partial charge in [-0.15, -0.1) is 0 Å². The van der Waals surface area contributed by atoms with Gasteiger partial charge < -0.3 is 14.6 Å². The molecule has 0 aliphatic carbocycles. The summed E-state index contributed by atoms with van der Waals surface area (Å²) in [6.45, 7) is 3.42. The number of carboxylic acid groups (broad SMARTS) is 1. The number of anilines is 1. The van der Waals surface area contributed by atoms with Crippen LogP contribution in [0.3, 0.4) is 0 Å². The second kappa shape index (κ2) is 6.65. The molecule has 0 radical (unpaired) electrons. The number of methoxy groups -OCH3 is 1. The van der Waals surface area contributed by atoms with Crippen LogP contribution in [0.5, 0.6) is 5.75 Å². The van der Waals surface area contributed by atoms with Gasteiger partial charge in [-0.25, -0.2) is 9.59 Å². The first-order valence-corrected chi connectivity index (χ1v) is 5.53. The van der Waals surface area contributed by atoms with E-state index in [4.69, 9.17) is 26.2 Å². The van der Waals surface area contributed by atoms with Gasteiger partial charge >= 0.3 is 12.1 Å². The molecule has 0 aliphatic rings. The highest BCUT2D eigenvalue weighted by atomic mass is 35.5. The zero-order valence-electron chi connectivity index (χ0n) is 10.1. The van der Waals surface area contributed by atoms with Crippen LogP contribution in [0.2, 0.25) is 5.02 Å². The van der Waals surface area contributed by atoms with Crippen molar-refractivity contribution in [2.24, 2.45) is 0 Å². The lowest BCUT2D eigenvalue weighted by molar-refractivity contribution is 0.0696. The monoisotopic (exact) mass is 285 g/mol. The highest BCUT2D eigenvalue weighted by Gasteiger charge is 2.15. The Morgan fingerprint density at radius 1 is 1.53 bits per heavy atom. The van der Waals surface area contributed by atoms with Gasteiger partial charge in [-0.3, -0.25) is 5.32 Å². The first-order valence-electron chi connectivity index (χ1n) is 5.15. The Hall–Kier alpha value is -2.21. The van der Waals surface area contributed by atoms with E-state index in [2.05, 4.69) is 11.9 Å². The van der Waals surface area contributed by atoms with Crippen LogP contribution in [0.1, 0.15) is 10.4 Å². The van der Waals surface area contributed by atoms with E-state index in [0.717, 1.165) is 0 Å². The van der Waals surface area contributed by atoms with Crippen molar-refractivity contribution in [1.82, 2.24) is 0 Å². The third-order valence-electron chi connectivity index (χ3n) is 2.08. The molecule has 0 saturated heterocycles. The number of rotatable bonds is 5. The van der Waals surface area contributed by atoms with Gasteiger partial charge in [0.25, 0.3) is 0 Å². The highest BCUT2D eigenvalue weighted by molar-refractivity contribution is 6.35. The maximum Gasteiger partial charge on any atom is 0.411 e. The molecule has 0 fully saturated rings. The molecule has 0 atom stereocenters. The van der Waals surface area contributed by atoms with Crippen LogP contribution < -0.4 is 10.1 Å². The molecule has 0 aliphatic heterocycles. The molecule has 7 heteroatoms. The summed E-state index contributed by atoms with van der Waals surface area (Å²) >= 11 is 5.96. The molecule has 1 aromatic rings. The van der Waals surface area contributed by atoms with Crippen LogP contribution in [-0.4, -0.2) is 30.9 Å². The number of hydrogen-bond acceptors (Lipinski definition) is 4. The molecule has 1 aromatic carbocycles. The van der Waals surface area contributed by atoms with Crippen molar-refractivity contribution in [3.8, 4) is 5.75 Å². The molecule has 1 amide bonds. The minimum Gasteiger partial charge on any atom is -0.495 e. The summed E-state index contributed by atoms with van der Waals surface area (Å²) in [6.07, 6.45) is 0.626. The molecule has 1 rings (SSSR count).